The number of benzene rings is 3. The van der Waals surface area contributed by atoms with Crippen LogP contribution in [0.3, 0.4) is 0 Å². The Morgan fingerprint density at radius 2 is 1.60 bits per heavy atom. The van der Waals surface area contributed by atoms with Crippen LogP contribution in [0.15, 0.2) is 72.8 Å². The van der Waals surface area contributed by atoms with Gasteiger partial charge in [0.25, 0.3) is 0 Å². The Hall–Kier alpha value is -2.89. The highest BCUT2D eigenvalue weighted by atomic mass is 35.5. The average molecular weight is 515 g/mol. The van der Waals surface area contributed by atoms with Crippen LogP contribution < -0.4 is 5.32 Å². The molecule has 1 N–H and O–H groups in total. The van der Waals surface area contributed by atoms with E-state index in [1.54, 1.807) is 24.3 Å². The molecule has 184 valence electrons. The first-order valence-corrected chi connectivity index (χ1v) is 12.1. The molecule has 0 aliphatic carbocycles. The lowest BCUT2D eigenvalue weighted by Gasteiger charge is -2.34. The smallest absolute Gasteiger partial charge is 0.243 e. The molecule has 0 saturated heterocycles. The Balaban J connectivity index is 2.03. The Labute approximate surface area is 216 Å². The highest BCUT2D eigenvalue weighted by molar-refractivity contribution is 6.31. The molecule has 0 bridgehead atoms. The van der Waals surface area contributed by atoms with E-state index in [2.05, 4.69) is 5.32 Å². The van der Waals surface area contributed by atoms with Gasteiger partial charge in [0.2, 0.25) is 11.8 Å². The fourth-order valence-corrected chi connectivity index (χ4v) is 4.24. The second kappa shape index (κ2) is 11.7. The Bertz CT molecular complexity index is 1160. The third-order valence-electron chi connectivity index (χ3n) is 5.40. The number of nitrogens with one attached hydrogen (secondary N) is 1. The summed E-state index contributed by atoms with van der Waals surface area (Å²) in [5.41, 5.74) is 1.25. The van der Waals surface area contributed by atoms with Gasteiger partial charge in [-0.05, 0) is 56.2 Å². The molecule has 0 heterocycles. The summed E-state index contributed by atoms with van der Waals surface area (Å²) in [7, 11) is 0. The van der Waals surface area contributed by atoms with E-state index in [9.17, 15) is 14.0 Å². The molecule has 0 aliphatic rings. The minimum Gasteiger partial charge on any atom is -0.350 e. The van der Waals surface area contributed by atoms with Gasteiger partial charge in [-0.2, -0.15) is 0 Å². The number of hydrogen-bond donors (Lipinski definition) is 1. The summed E-state index contributed by atoms with van der Waals surface area (Å²) in [5.74, 6) is -1.27. The van der Waals surface area contributed by atoms with Gasteiger partial charge in [0.05, 0.1) is 6.42 Å². The van der Waals surface area contributed by atoms with E-state index < -0.39 is 23.3 Å². The van der Waals surface area contributed by atoms with E-state index in [0.717, 1.165) is 11.1 Å². The Morgan fingerprint density at radius 3 is 2.23 bits per heavy atom. The van der Waals surface area contributed by atoms with Crippen molar-refractivity contribution in [1.82, 2.24) is 10.2 Å². The van der Waals surface area contributed by atoms with Gasteiger partial charge in [-0.15, -0.1) is 0 Å². The van der Waals surface area contributed by atoms with Gasteiger partial charge in [0.1, 0.15) is 11.9 Å². The molecule has 3 rings (SSSR count). The summed E-state index contributed by atoms with van der Waals surface area (Å²) in [6.07, 6.45) is 0.0141. The molecule has 0 saturated carbocycles. The van der Waals surface area contributed by atoms with Gasteiger partial charge in [-0.3, -0.25) is 9.59 Å². The second-order valence-electron chi connectivity index (χ2n) is 9.47. The van der Waals surface area contributed by atoms with Crippen molar-refractivity contribution in [2.24, 2.45) is 0 Å². The molecule has 3 aromatic rings. The highest BCUT2D eigenvalue weighted by Crippen LogP contribution is 2.23. The van der Waals surface area contributed by atoms with Crippen molar-refractivity contribution >= 4 is 35.0 Å². The zero-order chi connectivity index (χ0) is 25.6. The molecular formula is C28H29Cl2FN2O2. The maximum Gasteiger partial charge on any atom is 0.243 e. The molecular weight excluding hydrogens is 486 g/mol. The van der Waals surface area contributed by atoms with Crippen molar-refractivity contribution in [3.8, 4) is 0 Å². The fourth-order valence-electron chi connectivity index (χ4n) is 3.79. The first-order chi connectivity index (χ1) is 16.5. The second-order valence-corrected chi connectivity index (χ2v) is 10.3. The van der Waals surface area contributed by atoms with Crippen LogP contribution in [0.5, 0.6) is 0 Å². The molecule has 1 atom stereocenters. The molecule has 7 heteroatoms. The zero-order valence-corrected chi connectivity index (χ0v) is 21.5. The Morgan fingerprint density at radius 1 is 0.943 bits per heavy atom. The maximum absolute atomic E-state index is 14.5. The molecule has 4 nitrogen and oxygen atoms in total. The quantitative estimate of drug-likeness (QED) is 0.387. The third-order valence-corrected chi connectivity index (χ3v) is 5.99. The summed E-state index contributed by atoms with van der Waals surface area (Å²) < 4.78 is 14.5. The highest BCUT2D eigenvalue weighted by Gasteiger charge is 2.32. The van der Waals surface area contributed by atoms with Crippen LogP contribution in [0.2, 0.25) is 10.0 Å². The minimum atomic E-state index is -0.839. The molecule has 0 unspecified atom stereocenters. The molecule has 0 spiro atoms. The molecule has 3 aromatic carbocycles. The van der Waals surface area contributed by atoms with Gasteiger partial charge in [0, 0.05) is 34.1 Å². The summed E-state index contributed by atoms with van der Waals surface area (Å²) in [4.78, 5) is 28.7. The van der Waals surface area contributed by atoms with Crippen LogP contribution in [-0.2, 0) is 29.0 Å². The standard InChI is InChI=1S/C28H29Cl2FN2O2/c1-28(2,3)32-27(35)25(16-19-9-5-4-6-10-19)33(18-20-11-7-12-21(29)15-20)26(34)17-22-23(30)13-8-14-24(22)31/h4-15,25H,16-18H2,1-3H3,(H,32,35)/t25-/m0/s1. The first kappa shape index (κ1) is 26.7. The van der Waals surface area contributed by atoms with Crippen LogP contribution in [0.1, 0.15) is 37.5 Å². The Kier molecular flexibility index (Phi) is 8.92. The number of rotatable bonds is 8. The lowest BCUT2D eigenvalue weighted by Crippen LogP contribution is -2.54. The number of halogens is 3. The number of hydrogen-bond acceptors (Lipinski definition) is 2. The largest absolute Gasteiger partial charge is 0.350 e. The summed E-state index contributed by atoms with van der Waals surface area (Å²) in [6.45, 7) is 5.77. The monoisotopic (exact) mass is 514 g/mol. The van der Waals surface area contributed by atoms with Crippen molar-refractivity contribution in [2.45, 2.75) is 51.7 Å². The summed E-state index contributed by atoms with van der Waals surface area (Å²) in [6, 6.07) is 20.1. The fraction of sp³-hybridized carbons (Fsp3) is 0.286. The van der Waals surface area contributed by atoms with E-state index >= 15 is 0 Å². The van der Waals surface area contributed by atoms with Crippen LogP contribution in [-0.4, -0.2) is 28.3 Å². The number of nitrogens with zero attached hydrogens (tertiary/aromatic N) is 1. The SMILES string of the molecule is CC(C)(C)NC(=O)[C@H](Cc1ccccc1)N(Cc1cccc(Cl)c1)C(=O)Cc1c(F)cccc1Cl. The molecule has 2 amide bonds. The molecule has 0 radical (unpaired) electrons. The maximum atomic E-state index is 14.5. The van der Waals surface area contributed by atoms with Crippen molar-refractivity contribution in [3.05, 3.63) is 105 Å². The summed E-state index contributed by atoms with van der Waals surface area (Å²) >= 11 is 12.4. The first-order valence-electron chi connectivity index (χ1n) is 11.4. The predicted molar refractivity (Wildman–Crippen MR) is 139 cm³/mol. The van der Waals surface area contributed by atoms with Crippen molar-refractivity contribution in [2.75, 3.05) is 0 Å². The number of amides is 2. The third kappa shape index (κ3) is 7.81. The van der Waals surface area contributed by atoms with E-state index in [1.807, 2.05) is 57.2 Å². The van der Waals surface area contributed by atoms with Gasteiger partial charge in [-0.25, -0.2) is 4.39 Å². The van der Waals surface area contributed by atoms with E-state index in [4.69, 9.17) is 23.2 Å². The van der Waals surface area contributed by atoms with E-state index in [1.165, 1.54) is 17.0 Å². The summed E-state index contributed by atoms with van der Waals surface area (Å²) in [5, 5.41) is 3.69. The van der Waals surface area contributed by atoms with E-state index in [0.29, 0.717) is 11.4 Å². The van der Waals surface area contributed by atoms with Gasteiger partial charge < -0.3 is 10.2 Å². The lowest BCUT2D eigenvalue weighted by molar-refractivity contribution is -0.141. The minimum absolute atomic E-state index is 0.102. The average Bonchev–Trinajstić information content (AvgIpc) is 2.78. The van der Waals surface area contributed by atoms with Crippen molar-refractivity contribution in [1.29, 1.82) is 0 Å². The predicted octanol–water partition coefficient (Wildman–Crippen LogP) is 6.23. The van der Waals surface area contributed by atoms with Crippen molar-refractivity contribution in [3.63, 3.8) is 0 Å². The van der Waals surface area contributed by atoms with Crippen LogP contribution in [0.4, 0.5) is 4.39 Å². The molecule has 0 aliphatic heterocycles. The normalized spacial score (nSPS) is 12.2. The molecule has 0 aromatic heterocycles. The molecule has 35 heavy (non-hydrogen) atoms. The topological polar surface area (TPSA) is 49.4 Å². The van der Waals surface area contributed by atoms with E-state index in [-0.39, 0.29) is 29.5 Å². The van der Waals surface area contributed by atoms with Gasteiger partial charge in [-0.1, -0.05) is 71.7 Å². The molecule has 0 fully saturated rings. The zero-order valence-electron chi connectivity index (χ0n) is 20.0. The van der Waals surface area contributed by atoms with Gasteiger partial charge in [0.15, 0.2) is 0 Å². The van der Waals surface area contributed by atoms with Gasteiger partial charge >= 0.3 is 0 Å². The lowest BCUT2D eigenvalue weighted by atomic mass is 9.99. The van der Waals surface area contributed by atoms with Crippen molar-refractivity contribution < 1.29 is 14.0 Å². The number of carbonyl (C=O) groups is 2. The number of carbonyl (C=O) groups excluding carboxylic acids is 2. The van der Waals surface area contributed by atoms with Crippen LogP contribution in [0.25, 0.3) is 0 Å². The van der Waals surface area contributed by atoms with Crippen LogP contribution in [0, 0.1) is 5.82 Å². The van der Waals surface area contributed by atoms with Crippen LogP contribution >= 0.6 is 23.2 Å².